The number of methoxy groups -OCH3 is 1. The normalized spacial score (nSPS) is 10.6. The van der Waals surface area contributed by atoms with E-state index < -0.39 is 0 Å². The first-order valence-electron chi connectivity index (χ1n) is 7.37. The number of rotatable bonds is 8. The van der Waals surface area contributed by atoms with Gasteiger partial charge in [-0.1, -0.05) is 31.2 Å². The van der Waals surface area contributed by atoms with Crippen LogP contribution < -0.4 is 10.1 Å². The zero-order chi connectivity index (χ0) is 14.9. The van der Waals surface area contributed by atoms with Crippen LogP contribution in [0.3, 0.4) is 0 Å². The molecule has 0 atom stereocenters. The molecule has 0 saturated heterocycles. The van der Waals surface area contributed by atoms with Crippen LogP contribution in [0.5, 0.6) is 5.75 Å². The largest absolute Gasteiger partial charge is 0.497 e. The average molecular weight is 301 g/mol. The van der Waals surface area contributed by atoms with Gasteiger partial charge in [0.1, 0.15) is 5.75 Å². The number of thioether (sulfide) groups is 1. The SMILES string of the molecule is CCCNCc1ccc(SCc2cccc(OC)c2)cc1. The van der Waals surface area contributed by atoms with Crippen LogP contribution in [0.25, 0.3) is 0 Å². The van der Waals surface area contributed by atoms with Gasteiger partial charge in [-0.2, -0.15) is 0 Å². The van der Waals surface area contributed by atoms with Gasteiger partial charge in [0.25, 0.3) is 0 Å². The molecule has 0 heterocycles. The van der Waals surface area contributed by atoms with Gasteiger partial charge in [-0.05, 0) is 48.4 Å². The van der Waals surface area contributed by atoms with Gasteiger partial charge in [0.15, 0.2) is 0 Å². The minimum Gasteiger partial charge on any atom is -0.497 e. The maximum Gasteiger partial charge on any atom is 0.119 e. The minimum absolute atomic E-state index is 0.922. The van der Waals surface area contributed by atoms with E-state index >= 15 is 0 Å². The summed E-state index contributed by atoms with van der Waals surface area (Å²) in [4.78, 5) is 1.30. The molecule has 112 valence electrons. The molecule has 3 heteroatoms. The molecule has 0 aromatic heterocycles. The highest BCUT2D eigenvalue weighted by Crippen LogP contribution is 2.24. The molecule has 2 rings (SSSR count). The topological polar surface area (TPSA) is 21.3 Å². The maximum absolute atomic E-state index is 5.25. The van der Waals surface area contributed by atoms with Crippen LogP contribution in [-0.2, 0) is 12.3 Å². The summed E-state index contributed by atoms with van der Waals surface area (Å²) in [5, 5.41) is 3.42. The van der Waals surface area contributed by atoms with Crippen LogP contribution in [0.15, 0.2) is 53.4 Å². The number of hydrogen-bond donors (Lipinski definition) is 1. The highest BCUT2D eigenvalue weighted by molar-refractivity contribution is 7.98. The van der Waals surface area contributed by atoms with E-state index in [-0.39, 0.29) is 0 Å². The minimum atomic E-state index is 0.922. The second-order valence-electron chi connectivity index (χ2n) is 4.96. The molecule has 0 unspecified atom stereocenters. The van der Waals surface area contributed by atoms with Crippen molar-refractivity contribution in [3.05, 3.63) is 59.7 Å². The summed E-state index contributed by atoms with van der Waals surface area (Å²) in [6.45, 7) is 4.21. The first-order chi connectivity index (χ1) is 10.3. The second-order valence-corrected chi connectivity index (χ2v) is 6.01. The number of hydrogen-bond acceptors (Lipinski definition) is 3. The van der Waals surface area contributed by atoms with Crippen molar-refractivity contribution in [1.82, 2.24) is 5.32 Å². The van der Waals surface area contributed by atoms with E-state index in [1.165, 1.54) is 22.4 Å². The fraction of sp³-hybridized carbons (Fsp3) is 0.333. The molecule has 2 aromatic rings. The smallest absolute Gasteiger partial charge is 0.119 e. The van der Waals surface area contributed by atoms with Crippen LogP contribution in [-0.4, -0.2) is 13.7 Å². The summed E-state index contributed by atoms with van der Waals surface area (Å²) in [6.07, 6.45) is 1.18. The van der Waals surface area contributed by atoms with E-state index in [1.807, 2.05) is 23.9 Å². The molecule has 0 aliphatic carbocycles. The lowest BCUT2D eigenvalue weighted by atomic mass is 10.2. The molecular weight excluding hydrogens is 278 g/mol. The first-order valence-corrected chi connectivity index (χ1v) is 8.35. The lowest BCUT2D eigenvalue weighted by Gasteiger charge is -2.06. The summed E-state index contributed by atoms with van der Waals surface area (Å²) < 4.78 is 5.25. The Morgan fingerprint density at radius 3 is 2.57 bits per heavy atom. The van der Waals surface area contributed by atoms with Crippen molar-refractivity contribution in [3.8, 4) is 5.75 Å². The standard InChI is InChI=1S/C18H23NOS/c1-3-11-19-13-15-7-9-18(10-8-15)21-14-16-5-4-6-17(12-16)20-2/h4-10,12,19H,3,11,13-14H2,1-2H3. The monoisotopic (exact) mass is 301 g/mol. The van der Waals surface area contributed by atoms with Crippen molar-refractivity contribution in [1.29, 1.82) is 0 Å². The van der Waals surface area contributed by atoms with Crippen molar-refractivity contribution >= 4 is 11.8 Å². The highest BCUT2D eigenvalue weighted by atomic mass is 32.2. The highest BCUT2D eigenvalue weighted by Gasteiger charge is 1.99. The van der Waals surface area contributed by atoms with Crippen molar-refractivity contribution in [3.63, 3.8) is 0 Å². The lowest BCUT2D eigenvalue weighted by Crippen LogP contribution is -2.13. The number of ether oxygens (including phenoxy) is 1. The van der Waals surface area contributed by atoms with Gasteiger partial charge >= 0.3 is 0 Å². The third kappa shape index (κ3) is 5.44. The molecule has 0 radical (unpaired) electrons. The van der Waals surface area contributed by atoms with E-state index in [1.54, 1.807) is 7.11 Å². The Balaban J connectivity index is 1.85. The molecule has 0 fully saturated rings. The summed E-state index contributed by atoms with van der Waals surface area (Å²) >= 11 is 1.85. The Kier molecular flexibility index (Phi) is 6.64. The number of benzene rings is 2. The number of nitrogens with one attached hydrogen (secondary N) is 1. The van der Waals surface area contributed by atoms with E-state index in [9.17, 15) is 0 Å². The third-order valence-corrected chi connectivity index (χ3v) is 4.30. The van der Waals surface area contributed by atoms with Crippen molar-refractivity contribution in [2.75, 3.05) is 13.7 Å². The predicted molar refractivity (Wildman–Crippen MR) is 91.0 cm³/mol. The maximum atomic E-state index is 5.25. The summed E-state index contributed by atoms with van der Waals surface area (Å²) in [7, 11) is 1.71. The molecule has 0 saturated carbocycles. The van der Waals surface area contributed by atoms with Crippen molar-refractivity contribution in [2.24, 2.45) is 0 Å². The molecule has 2 aromatic carbocycles. The first kappa shape index (κ1) is 15.9. The van der Waals surface area contributed by atoms with E-state index in [0.29, 0.717) is 0 Å². The molecule has 0 amide bonds. The van der Waals surface area contributed by atoms with Gasteiger partial charge in [-0.25, -0.2) is 0 Å². The quantitative estimate of drug-likeness (QED) is 0.573. The van der Waals surface area contributed by atoms with Crippen LogP contribution in [0.4, 0.5) is 0 Å². The van der Waals surface area contributed by atoms with Crippen LogP contribution >= 0.6 is 11.8 Å². The molecule has 0 spiro atoms. The molecular formula is C18H23NOS. The van der Waals surface area contributed by atoms with Crippen LogP contribution in [0.2, 0.25) is 0 Å². The van der Waals surface area contributed by atoms with Crippen LogP contribution in [0.1, 0.15) is 24.5 Å². The molecule has 1 N–H and O–H groups in total. The van der Waals surface area contributed by atoms with Gasteiger partial charge in [-0.3, -0.25) is 0 Å². The summed E-state index contributed by atoms with van der Waals surface area (Å²) in [6, 6.07) is 17.1. The Morgan fingerprint density at radius 2 is 1.86 bits per heavy atom. The Morgan fingerprint density at radius 1 is 1.05 bits per heavy atom. The van der Waals surface area contributed by atoms with Gasteiger partial charge in [0, 0.05) is 17.2 Å². The Labute approximate surface area is 131 Å². The van der Waals surface area contributed by atoms with Gasteiger partial charge in [0.05, 0.1) is 7.11 Å². The van der Waals surface area contributed by atoms with Crippen molar-refractivity contribution < 1.29 is 4.74 Å². The fourth-order valence-corrected chi connectivity index (χ4v) is 2.88. The summed E-state index contributed by atoms with van der Waals surface area (Å²) in [5.74, 6) is 1.88. The zero-order valence-electron chi connectivity index (χ0n) is 12.8. The molecule has 21 heavy (non-hydrogen) atoms. The molecule has 0 aliphatic heterocycles. The third-order valence-electron chi connectivity index (χ3n) is 3.22. The predicted octanol–water partition coefficient (Wildman–Crippen LogP) is 4.49. The van der Waals surface area contributed by atoms with Crippen LogP contribution in [0, 0.1) is 0 Å². The van der Waals surface area contributed by atoms with Gasteiger partial charge < -0.3 is 10.1 Å². The van der Waals surface area contributed by atoms with Crippen molar-refractivity contribution in [2.45, 2.75) is 30.5 Å². The van der Waals surface area contributed by atoms with E-state index in [2.05, 4.69) is 48.6 Å². The second kappa shape index (κ2) is 8.75. The Bertz CT molecular complexity index is 539. The van der Waals surface area contributed by atoms with E-state index in [0.717, 1.165) is 24.6 Å². The Hall–Kier alpha value is -1.45. The molecule has 0 aliphatic rings. The van der Waals surface area contributed by atoms with Gasteiger partial charge in [-0.15, -0.1) is 11.8 Å². The van der Waals surface area contributed by atoms with E-state index in [4.69, 9.17) is 4.74 Å². The molecule has 2 nitrogen and oxygen atoms in total. The van der Waals surface area contributed by atoms with Gasteiger partial charge in [0.2, 0.25) is 0 Å². The molecule has 0 bridgehead atoms. The average Bonchev–Trinajstić information content (AvgIpc) is 2.54. The summed E-state index contributed by atoms with van der Waals surface area (Å²) in [5.41, 5.74) is 2.63. The zero-order valence-corrected chi connectivity index (χ0v) is 13.6. The lowest BCUT2D eigenvalue weighted by molar-refractivity contribution is 0.414. The fourth-order valence-electron chi connectivity index (χ4n) is 2.04.